The van der Waals surface area contributed by atoms with Crippen molar-refractivity contribution in [2.75, 3.05) is 24.0 Å². The molecule has 0 unspecified atom stereocenters. The Morgan fingerprint density at radius 3 is 2.49 bits per heavy atom. The quantitative estimate of drug-likeness (QED) is 0.348. The van der Waals surface area contributed by atoms with Crippen LogP contribution in [-0.4, -0.2) is 34.0 Å². The molecule has 35 heavy (non-hydrogen) atoms. The Bertz CT molecular complexity index is 1390. The molecule has 9 heteroatoms. The second-order valence-electron chi connectivity index (χ2n) is 7.61. The largest absolute Gasteiger partial charge is 0.492 e. The van der Waals surface area contributed by atoms with E-state index >= 15 is 0 Å². The van der Waals surface area contributed by atoms with Gasteiger partial charge in [-0.15, -0.1) is 6.58 Å². The van der Waals surface area contributed by atoms with Gasteiger partial charge >= 0.3 is 0 Å². The molecule has 1 aliphatic heterocycles. The molecule has 6 nitrogen and oxygen atoms in total. The molecule has 0 spiro atoms. The van der Waals surface area contributed by atoms with Crippen molar-refractivity contribution in [1.82, 2.24) is 5.32 Å². The van der Waals surface area contributed by atoms with Crippen LogP contribution in [0.15, 0.2) is 90.4 Å². The number of ether oxygens (including phenoxy) is 1. The maximum atomic E-state index is 13.7. The number of nitrogens with one attached hydrogen (secondary N) is 1. The lowest BCUT2D eigenvalue weighted by Crippen LogP contribution is -2.42. The van der Waals surface area contributed by atoms with E-state index in [4.69, 9.17) is 16.3 Å². The predicted octanol–water partition coefficient (Wildman–Crippen LogP) is 4.77. The zero-order chi connectivity index (χ0) is 25.0. The van der Waals surface area contributed by atoms with E-state index in [0.717, 1.165) is 4.31 Å². The maximum Gasteiger partial charge on any atom is 0.270 e. The first-order chi connectivity index (χ1) is 16.8. The summed E-state index contributed by atoms with van der Waals surface area (Å²) >= 11 is 6.27. The fourth-order valence-corrected chi connectivity index (χ4v) is 5.70. The van der Waals surface area contributed by atoms with Crippen LogP contribution in [0.3, 0.4) is 0 Å². The summed E-state index contributed by atoms with van der Waals surface area (Å²) in [7, 11) is -4.24. The van der Waals surface area contributed by atoms with Crippen LogP contribution in [0.2, 0.25) is 5.02 Å². The van der Waals surface area contributed by atoms with Crippen LogP contribution in [0, 0.1) is 5.82 Å². The molecule has 0 saturated carbocycles. The Labute approximate surface area is 208 Å². The monoisotopic (exact) mass is 512 g/mol. The molecule has 0 bridgehead atoms. The Morgan fingerprint density at radius 1 is 1.09 bits per heavy atom. The summed E-state index contributed by atoms with van der Waals surface area (Å²) in [6.45, 7) is 3.73. The number of benzene rings is 3. The van der Waals surface area contributed by atoms with Crippen molar-refractivity contribution >= 4 is 38.8 Å². The number of halogens is 2. The molecule has 0 saturated heterocycles. The van der Waals surface area contributed by atoms with Gasteiger partial charge in [-0.25, -0.2) is 12.8 Å². The Kier molecular flexibility index (Phi) is 7.23. The molecule has 3 aromatic rings. The first-order valence-corrected chi connectivity index (χ1v) is 12.5. The second kappa shape index (κ2) is 10.3. The number of nitrogens with zero attached hydrogens (tertiary/aromatic N) is 1. The summed E-state index contributed by atoms with van der Waals surface area (Å²) in [5.41, 5.74) is 1.75. The van der Waals surface area contributed by atoms with Crippen molar-refractivity contribution in [2.24, 2.45) is 0 Å². The number of amides is 1. The zero-order valence-corrected chi connectivity index (χ0v) is 20.2. The van der Waals surface area contributed by atoms with E-state index in [1.807, 2.05) is 0 Å². The number of sulfonamides is 1. The molecular formula is C26H22ClFN2O4S. The van der Waals surface area contributed by atoms with Crippen LogP contribution in [0.1, 0.15) is 11.1 Å². The van der Waals surface area contributed by atoms with Crippen molar-refractivity contribution in [1.29, 1.82) is 0 Å². The predicted molar refractivity (Wildman–Crippen MR) is 135 cm³/mol. The topological polar surface area (TPSA) is 75.7 Å². The smallest absolute Gasteiger partial charge is 0.270 e. The number of carbonyl (C=O) groups is 1. The van der Waals surface area contributed by atoms with Gasteiger partial charge in [0.2, 0.25) is 0 Å². The number of fused-ring (bicyclic) bond motifs is 1. The van der Waals surface area contributed by atoms with E-state index in [1.54, 1.807) is 48.5 Å². The third kappa shape index (κ3) is 5.08. The second-order valence-corrected chi connectivity index (χ2v) is 9.85. The minimum Gasteiger partial charge on any atom is -0.492 e. The van der Waals surface area contributed by atoms with Crippen LogP contribution in [0.4, 0.5) is 10.1 Å². The first-order valence-electron chi connectivity index (χ1n) is 10.7. The molecule has 4 rings (SSSR count). The average Bonchev–Trinajstić information content (AvgIpc) is 2.84. The van der Waals surface area contributed by atoms with E-state index in [1.165, 1.54) is 30.3 Å². The van der Waals surface area contributed by atoms with Crippen LogP contribution >= 0.6 is 11.6 Å². The summed E-state index contributed by atoms with van der Waals surface area (Å²) in [5.74, 6) is -0.736. The van der Waals surface area contributed by atoms with E-state index in [-0.39, 0.29) is 30.2 Å². The van der Waals surface area contributed by atoms with E-state index in [2.05, 4.69) is 11.9 Å². The van der Waals surface area contributed by atoms with Gasteiger partial charge in [0.1, 0.15) is 18.2 Å². The summed E-state index contributed by atoms with van der Waals surface area (Å²) < 4.78 is 47.2. The van der Waals surface area contributed by atoms with Crippen LogP contribution in [0.25, 0.3) is 5.57 Å². The van der Waals surface area contributed by atoms with E-state index in [9.17, 15) is 17.6 Å². The third-order valence-corrected chi connectivity index (χ3v) is 7.37. The lowest BCUT2D eigenvalue weighted by atomic mass is 9.95. The Morgan fingerprint density at radius 2 is 1.80 bits per heavy atom. The van der Waals surface area contributed by atoms with Crippen LogP contribution < -0.4 is 14.4 Å². The average molecular weight is 513 g/mol. The lowest BCUT2D eigenvalue weighted by Gasteiger charge is -2.33. The number of hydrogen-bond acceptors (Lipinski definition) is 4. The van der Waals surface area contributed by atoms with Gasteiger partial charge in [0.15, 0.2) is 4.91 Å². The van der Waals surface area contributed by atoms with Crippen molar-refractivity contribution < 1.29 is 22.3 Å². The summed E-state index contributed by atoms with van der Waals surface area (Å²) in [6, 6.07) is 19.1. The van der Waals surface area contributed by atoms with Gasteiger partial charge in [-0.05, 0) is 48.0 Å². The van der Waals surface area contributed by atoms with Gasteiger partial charge in [0, 0.05) is 16.2 Å². The minimum absolute atomic E-state index is 0.0243. The number of anilines is 1. The highest BCUT2D eigenvalue weighted by atomic mass is 35.5. The number of hydrogen-bond donors (Lipinski definition) is 1. The van der Waals surface area contributed by atoms with Gasteiger partial charge in [-0.3, -0.25) is 9.10 Å². The van der Waals surface area contributed by atoms with Crippen molar-refractivity contribution in [2.45, 2.75) is 0 Å². The van der Waals surface area contributed by atoms with Gasteiger partial charge < -0.3 is 10.1 Å². The number of carbonyl (C=O) groups excluding carboxylic acids is 1. The van der Waals surface area contributed by atoms with Crippen LogP contribution in [-0.2, 0) is 14.8 Å². The summed E-state index contributed by atoms with van der Waals surface area (Å²) in [4.78, 5) is 13.0. The Balaban J connectivity index is 1.73. The third-order valence-electron chi connectivity index (χ3n) is 5.31. The van der Waals surface area contributed by atoms with E-state index < -0.39 is 21.7 Å². The minimum atomic E-state index is -4.24. The zero-order valence-electron chi connectivity index (χ0n) is 18.6. The lowest BCUT2D eigenvalue weighted by molar-refractivity contribution is -0.116. The van der Waals surface area contributed by atoms with Crippen LogP contribution in [0.5, 0.6) is 5.75 Å². The summed E-state index contributed by atoms with van der Waals surface area (Å²) in [5, 5.41) is 3.04. The molecule has 0 atom stereocenters. The molecule has 0 aromatic heterocycles. The molecule has 1 heterocycles. The molecule has 0 radical (unpaired) electrons. The SMILES string of the molecule is C=CCN1c2ccc(Cl)cc2C(c2ccccc2)=C(C(=O)NCCOc2ccc(F)cc2)S1(=O)=O. The van der Waals surface area contributed by atoms with Gasteiger partial charge in [-0.2, -0.15) is 0 Å². The standard InChI is InChI=1S/C26H22ClFN2O4S/c1-2-15-30-23-13-8-19(27)17-22(23)24(18-6-4-3-5-7-18)25(35(30,32)33)26(31)29-14-16-34-21-11-9-20(28)10-12-21/h2-13,17H,1,14-16H2,(H,29,31). The molecule has 3 aromatic carbocycles. The molecule has 0 aliphatic carbocycles. The summed E-state index contributed by atoms with van der Waals surface area (Å²) in [6.07, 6.45) is 1.45. The highest BCUT2D eigenvalue weighted by Gasteiger charge is 2.40. The fourth-order valence-electron chi connectivity index (χ4n) is 3.80. The fraction of sp³-hybridized carbons (Fsp3) is 0.115. The molecule has 1 N–H and O–H groups in total. The molecule has 180 valence electrons. The van der Waals surface area contributed by atoms with Gasteiger partial charge in [0.05, 0.1) is 18.8 Å². The molecular weight excluding hydrogens is 491 g/mol. The maximum absolute atomic E-state index is 13.7. The highest BCUT2D eigenvalue weighted by Crippen LogP contribution is 2.43. The van der Waals surface area contributed by atoms with Crippen molar-refractivity contribution in [3.8, 4) is 5.75 Å². The highest BCUT2D eigenvalue weighted by molar-refractivity contribution is 7.97. The number of rotatable bonds is 8. The van der Waals surface area contributed by atoms with Crippen molar-refractivity contribution in [3.05, 3.63) is 112 Å². The van der Waals surface area contributed by atoms with E-state index in [0.29, 0.717) is 27.6 Å². The Hall–Kier alpha value is -3.62. The first kappa shape index (κ1) is 24.5. The van der Waals surface area contributed by atoms with Gasteiger partial charge in [0.25, 0.3) is 15.9 Å². The molecule has 0 fully saturated rings. The molecule has 1 aliphatic rings. The van der Waals surface area contributed by atoms with Crippen molar-refractivity contribution in [3.63, 3.8) is 0 Å². The molecule has 1 amide bonds. The van der Waals surface area contributed by atoms with Gasteiger partial charge in [-0.1, -0.05) is 48.0 Å². The normalized spacial score (nSPS) is 14.3.